The summed E-state index contributed by atoms with van der Waals surface area (Å²) in [5.74, 6) is 0.364. The zero-order chi connectivity index (χ0) is 14.7. The summed E-state index contributed by atoms with van der Waals surface area (Å²) in [6.07, 6.45) is 4.24. The number of ketones is 1. The number of piperidine rings is 1. The van der Waals surface area contributed by atoms with Crippen LogP contribution < -0.4 is 0 Å². The normalized spacial score (nSPS) is 25.3. The van der Waals surface area contributed by atoms with E-state index in [0.717, 1.165) is 31.2 Å². The molecule has 0 bridgehead atoms. The second kappa shape index (κ2) is 6.29. The SMILES string of the molecule is O=C1CCN(C(=O)OCc2ccccc2)C2CCCCC12. The number of Topliss-reactive ketones (excluding diaryl/α,β-unsaturated/α-hetero) is 1. The molecule has 0 spiro atoms. The number of benzene rings is 1. The van der Waals surface area contributed by atoms with Gasteiger partial charge in [-0.1, -0.05) is 43.2 Å². The molecule has 0 N–H and O–H groups in total. The molecular weight excluding hydrogens is 266 g/mol. The van der Waals surface area contributed by atoms with Crippen LogP contribution in [0.25, 0.3) is 0 Å². The number of amides is 1. The minimum absolute atomic E-state index is 0.0387. The molecule has 4 heteroatoms. The van der Waals surface area contributed by atoms with E-state index in [1.54, 1.807) is 4.90 Å². The van der Waals surface area contributed by atoms with Crippen LogP contribution in [-0.4, -0.2) is 29.4 Å². The van der Waals surface area contributed by atoms with Crippen molar-refractivity contribution in [2.75, 3.05) is 6.54 Å². The maximum Gasteiger partial charge on any atom is 0.410 e. The molecule has 1 aromatic carbocycles. The van der Waals surface area contributed by atoms with Crippen molar-refractivity contribution >= 4 is 11.9 Å². The third-order valence-electron chi connectivity index (χ3n) is 4.58. The van der Waals surface area contributed by atoms with Gasteiger partial charge in [-0.05, 0) is 18.4 Å². The van der Waals surface area contributed by atoms with Crippen LogP contribution in [0.3, 0.4) is 0 Å². The third kappa shape index (κ3) is 3.09. The Morgan fingerprint density at radius 2 is 1.95 bits per heavy atom. The summed E-state index contributed by atoms with van der Waals surface area (Å²) in [6.45, 7) is 0.801. The monoisotopic (exact) mass is 287 g/mol. The number of ether oxygens (including phenoxy) is 1. The van der Waals surface area contributed by atoms with Crippen LogP contribution in [0.4, 0.5) is 4.79 Å². The second-order valence-corrected chi connectivity index (χ2v) is 5.91. The molecule has 1 amide bonds. The van der Waals surface area contributed by atoms with Crippen LogP contribution in [0.1, 0.15) is 37.7 Å². The van der Waals surface area contributed by atoms with Crippen molar-refractivity contribution in [3.05, 3.63) is 35.9 Å². The molecule has 1 saturated heterocycles. The minimum Gasteiger partial charge on any atom is -0.445 e. The third-order valence-corrected chi connectivity index (χ3v) is 4.58. The van der Waals surface area contributed by atoms with E-state index in [-0.39, 0.29) is 18.1 Å². The summed E-state index contributed by atoms with van der Waals surface area (Å²) in [4.78, 5) is 26.1. The quantitative estimate of drug-likeness (QED) is 0.839. The van der Waals surface area contributed by atoms with Crippen LogP contribution in [0.2, 0.25) is 0 Å². The largest absolute Gasteiger partial charge is 0.445 e. The van der Waals surface area contributed by atoms with Gasteiger partial charge in [0.15, 0.2) is 0 Å². The molecule has 2 aliphatic rings. The van der Waals surface area contributed by atoms with E-state index >= 15 is 0 Å². The summed E-state index contributed by atoms with van der Waals surface area (Å²) in [5, 5.41) is 0. The molecule has 1 aromatic rings. The smallest absolute Gasteiger partial charge is 0.410 e. The van der Waals surface area contributed by atoms with Crippen molar-refractivity contribution in [2.24, 2.45) is 5.92 Å². The number of rotatable bonds is 2. The number of carbonyl (C=O) groups excluding carboxylic acids is 2. The van der Waals surface area contributed by atoms with E-state index in [0.29, 0.717) is 25.4 Å². The molecule has 2 atom stereocenters. The fraction of sp³-hybridized carbons (Fsp3) is 0.529. The molecule has 1 heterocycles. The molecule has 0 radical (unpaired) electrons. The number of fused-ring (bicyclic) bond motifs is 1. The minimum atomic E-state index is -0.275. The lowest BCUT2D eigenvalue weighted by atomic mass is 9.78. The van der Waals surface area contributed by atoms with Crippen molar-refractivity contribution in [1.29, 1.82) is 0 Å². The van der Waals surface area contributed by atoms with Gasteiger partial charge in [0.25, 0.3) is 0 Å². The number of hydrogen-bond donors (Lipinski definition) is 0. The molecular formula is C17H21NO3. The van der Waals surface area contributed by atoms with Gasteiger partial charge in [0.05, 0.1) is 0 Å². The maximum absolute atomic E-state index is 12.3. The van der Waals surface area contributed by atoms with Gasteiger partial charge < -0.3 is 9.64 Å². The van der Waals surface area contributed by atoms with Gasteiger partial charge in [0.2, 0.25) is 0 Å². The number of nitrogens with zero attached hydrogens (tertiary/aromatic N) is 1. The molecule has 21 heavy (non-hydrogen) atoms. The molecule has 0 aromatic heterocycles. The van der Waals surface area contributed by atoms with Crippen molar-refractivity contribution in [3.8, 4) is 0 Å². The van der Waals surface area contributed by atoms with Crippen LogP contribution in [0, 0.1) is 5.92 Å². The Morgan fingerprint density at radius 1 is 1.19 bits per heavy atom. The summed E-state index contributed by atoms with van der Waals surface area (Å²) in [6, 6.07) is 9.74. The second-order valence-electron chi connectivity index (χ2n) is 5.91. The number of hydrogen-bond acceptors (Lipinski definition) is 3. The molecule has 1 aliphatic heterocycles. The Bertz CT molecular complexity index is 514. The Labute approximate surface area is 125 Å². The molecule has 1 saturated carbocycles. The average Bonchev–Trinajstić information content (AvgIpc) is 2.54. The topological polar surface area (TPSA) is 46.6 Å². The van der Waals surface area contributed by atoms with Gasteiger partial charge >= 0.3 is 6.09 Å². The molecule has 112 valence electrons. The fourth-order valence-electron chi connectivity index (χ4n) is 3.47. The van der Waals surface area contributed by atoms with Gasteiger partial charge in [0, 0.05) is 24.9 Å². The first-order valence-electron chi connectivity index (χ1n) is 7.76. The van der Waals surface area contributed by atoms with E-state index in [1.807, 2.05) is 30.3 Å². The van der Waals surface area contributed by atoms with E-state index in [4.69, 9.17) is 4.74 Å². The molecule has 2 unspecified atom stereocenters. The lowest BCUT2D eigenvalue weighted by Crippen LogP contribution is -2.53. The summed E-state index contributed by atoms with van der Waals surface area (Å²) >= 11 is 0. The van der Waals surface area contributed by atoms with E-state index in [9.17, 15) is 9.59 Å². The van der Waals surface area contributed by atoms with Crippen molar-refractivity contribution in [2.45, 2.75) is 44.8 Å². The van der Waals surface area contributed by atoms with Gasteiger partial charge in [0.1, 0.15) is 12.4 Å². The van der Waals surface area contributed by atoms with Gasteiger partial charge in [-0.25, -0.2) is 4.79 Å². The highest BCUT2D eigenvalue weighted by Crippen LogP contribution is 2.33. The summed E-state index contributed by atoms with van der Waals surface area (Å²) < 4.78 is 5.43. The van der Waals surface area contributed by atoms with Crippen LogP contribution in [0.5, 0.6) is 0 Å². The summed E-state index contributed by atoms with van der Waals surface area (Å²) in [7, 11) is 0. The number of carbonyl (C=O) groups is 2. The Morgan fingerprint density at radius 3 is 2.76 bits per heavy atom. The van der Waals surface area contributed by atoms with E-state index in [1.165, 1.54) is 0 Å². The Kier molecular flexibility index (Phi) is 4.23. The predicted octanol–water partition coefficient (Wildman–Crippen LogP) is 3.16. The molecule has 1 aliphatic carbocycles. The average molecular weight is 287 g/mol. The first kappa shape index (κ1) is 14.1. The molecule has 2 fully saturated rings. The zero-order valence-corrected chi connectivity index (χ0v) is 12.2. The fourth-order valence-corrected chi connectivity index (χ4v) is 3.47. The van der Waals surface area contributed by atoms with E-state index < -0.39 is 0 Å². The molecule has 3 rings (SSSR count). The first-order valence-corrected chi connectivity index (χ1v) is 7.76. The van der Waals surface area contributed by atoms with Crippen LogP contribution in [0.15, 0.2) is 30.3 Å². The highest BCUT2D eigenvalue weighted by molar-refractivity contribution is 5.84. The Balaban J connectivity index is 1.62. The highest BCUT2D eigenvalue weighted by Gasteiger charge is 2.41. The first-order chi connectivity index (χ1) is 10.3. The molecule has 4 nitrogen and oxygen atoms in total. The standard InChI is InChI=1S/C17H21NO3/c19-16-10-11-18(15-9-5-4-8-14(15)16)17(20)21-12-13-6-2-1-3-7-13/h1-3,6-7,14-15H,4-5,8-12H2. The summed E-state index contributed by atoms with van der Waals surface area (Å²) in [5.41, 5.74) is 0.985. The highest BCUT2D eigenvalue weighted by atomic mass is 16.6. The van der Waals surface area contributed by atoms with Crippen molar-refractivity contribution in [1.82, 2.24) is 4.90 Å². The lowest BCUT2D eigenvalue weighted by Gasteiger charge is -2.42. The lowest BCUT2D eigenvalue weighted by molar-refractivity contribution is -0.129. The van der Waals surface area contributed by atoms with E-state index in [2.05, 4.69) is 0 Å². The maximum atomic E-state index is 12.3. The van der Waals surface area contributed by atoms with Crippen LogP contribution >= 0.6 is 0 Å². The zero-order valence-electron chi connectivity index (χ0n) is 12.2. The van der Waals surface area contributed by atoms with Gasteiger partial charge in [-0.3, -0.25) is 4.79 Å². The Hall–Kier alpha value is -1.84. The number of likely N-dealkylation sites (tertiary alicyclic amines) is 1. The van der Waals surface area contributed by atoms with Crippen molar-refractivity contribution in [3.63, 3.8) is 0 Å². The van der Waals surface area contributed by atoms with Crippen molar-refractivity contribution < 1.29 is 14.3 Å². The van der Waals surface area contributed by atoms with Crippen LogP contribution in [-0.2, 0) is 16.1 Å². The van der Waals surface area contributed by atoms with Gasteiger partial charge in [-0.2, -0.15) is 0 Å². The predicted molar refractivity (Wildman–Crippen MR) is 78.7 cm³/mol. The van der Waals surface area contributed by atoms with Gasteiger partial charge in [-0.15, -0.1) is 0 Å².